The molecule has 0 saturated carbocycles. The van der Waals surface area contributed by atoms with Crippen LogP contribution in [0.15, 0.2) is 0 Å². The van der Waals surface area contributed by atoms with Crippen molar-refractivity contribution in [3.8, 4) is 0 Å². The molecule has 16 heavy (non-hydrogen) atoms. The van der Waals surface area contributed by atoms with Gasteiger partial charge in [-0.3, -0.25) is 4.79 Å². The maximum absolute atomic E-state index is 11.9. The van der Waals surface area contributed by atoms with Crippen LogP contribution in [0.3, 0.4) is 0 Å². The van der Waals surface area contributed by atoms with E-state index in [1.807, 2.05) is 6.92 Å². The summed E-state index contributed by atoms with van der Waals surface area (Å²) in [5, 5.41) is 2.99. The highest BCUT2D eigenvalue weighted by Crippen LogP contribution is 2.37. The molecule has 0 bridgehead atoms. The Balaban J connectivity index is 2.13. The standard InChI is InChI=1S/C11H20N2OS2/c1-11(6-4-8-16-11)10(14)13-7-3-2-5-9(12)15/h2-8H2,1H3,(H2,12,15)(H,13,14). The molecule has 1 amide bonds. The predicted molar refractivity (Wildman–Crippen MR) is 73.7 cm³/mol. The molecule has 1 fully saturated rings. The maximum atomic E-state index is 11.9. The average molecular weight is 260 g/mol. The summed E-state index contributed by atoms with van der Waals surface area (Å²) in [4.78, 5) is 12.4. The van der Waals surface area contributed by atoms with Crippen molar-refractivity contribution >= 4 is 34.9 Å². The van der Waals surface area contributed by atoms with E-state index in [4.69, 9.17) is 18.0 Å². The summed E-state index contributed by atoms with van der Waals surface area (Å²) in [6.45, 7) is 2.77. The van der Waals surface area contributed by atoms with E-state index in [0.717, 1.165) is 44.4 Å². The number of thiocarbonyl (C=S) groups is 1. The maximum Gasteiger partial charge on any atom is 0.235 e. The van der Waals surface area contributed by atoms with Crippen LogP contribution in [0.1, 0.15) is 39.0 Å². The SMILES string of the molecule is CC1(C(=O)NCCCCC(N)=S)CCCS1. The molecule has 1 aliphatic heterocycles. The zero-order chi connectivity index (χ0) is 12.0. The van der Waals surface area contributed by atoms with Gasteiger partial charge in [-0.05, 0) is 44.8 Å². The monoisotopic (exact) mass is 260 g/mol. The Morgan fingerprint density at radius 3 is 2.88 bits per heavy atom. The fourth-order valence-corrected chi connectivity index (χ4v) is 3.15. The summed E-state index contributed by atoms with van der Waals surface area (Å²) in [6, 6.07) is 0. The van der Waals surface area contributed by atoms with E-state index in [-0.39, 0.29) is 10.7 Å². The summed E-state index contributed by atoms with van der Waals surface area (Å²) in [5.41, 5.74) is 5.40. The highest BCUT2D eigenvalue weighted by atomic mass is 32.2. The third-order valence-electron chi connectivity index (χ3n) is 2.83. The van der Waals surface area contributed by atoms with Crippen molar-refractivity contribution in [3.63, 3.8) is 0 Å². The van der Waals surface area contributed by atoms with Gasteiger partial charge in [0, 0.05) is 6.54 Å². The van der Waals surface area contributed by atoms with Crippen LogP contribution in [0.25, 0.3) is 0 Å². The number of amides is 1. The molecule has 3 N–H and O–H groups in total. The lowest BCUT2D eigenvalue weighted by Crippen LogP contribution is -2.40. The van der Waals surface area contributed by atoms with Crippen LogP contribution in [-0.4, -0.2) is 27.9 Å². The number of hydrogen-bond donors (Lipinski definition) is 2. The van der Waals surface area contributed by atoms with Crippen LogP contribution in [0.2, 0.25) is 0 Å². The molecule has 1 heterocycles. The molecule has 92 valence electrons. The summed E-state index contributed by atoms with van der Waals surface area (Å²) in [6.07, 6.45) is 4.83. The van der Waals surface area contributed by atoms with Crippen LogP contribution >= 0.6 is 24.0 Å². The van der Waals surface area contributed by atoms with Gasteiger partial charge in [0.1, 0.15) is 0 Å². The van der Waals surface area contributed by atoms with E-state index in [2.05, 4.69) is 5.32 Å². The number of unbranched alkanes of at least 4 members (excludes halogenated alkanes) is 1. The second-order valence-electron chi connectivity index (χ2n) is 4.36. The molecule has 0 aliphatic carbocycles. The Hall–Kier alpha value is -0.290. The van der Waals surface area contributed by atoms with Gasteiger partial charge in [0.25, 0.3) is 0 Å². The van der Waals surface area contributed by atoms with Crippen molar-refractivity contribution in [2.24, 2.45) is 5.73 Å². The van der Waals surface area contributed by atoms with Crippen LogP contribution in [0.4, 0.5) is 0 Å². The zero-order valence-corrected chi connectivity index (χ0v) is 11.4. The summed E-state index contributed by atoms with van der Waals surface area (Å²) >= 11 is 6.56. The van der Waals surface area contributed by atoms with E-state index in [1.165, 1.54) is 0 Å². The second-order valence-corrected chi connectivity index (χ2v) is 6.48. The first-order chi connectivity index (χ1) is 7.54. The van der Waals surface area contributed by atoms with Crippen molar-refractivity contribution in [2.75, 3.05) is 12.3 Å². The lowest BCUT2D eigenvalue weighted by Gasteiger charge is -2.21. The van der Waals surface area contributed by atoms with E-state index < -0.39 is 0 Å². The molecule has 0 aromatic rings. The van der Waals surface area contributed by atoms with E-state index in [9.17, 15) is 4.79 Å². The third-order valence-corrected chi connectivity index (χ3v) is 4.56. The molecule has 1 unspecified atom stereocenters. The van der Waals surface area contributed by atoms with Gasteiger partial charge < -0.3 is 11.1 Å². The third kappa shape index (κ3) is 4.29. The number of hydrogen-bond acceptors (Lipinski definition) is 3. The molecule has 5 heteroatoms. The highest BCUT2D eigenvalue weighted by molar-refractivity contribution is 8.01. The summed E-state index contributed by atoms with van der Waals surface area (Å²) < 4.78 is -0.191. The van der Waals surface area contributed by atoms with Crippen molar-refractivity contribution < 1.29 is 4.79 Å². The highest BCUT2D eigenvalue weighted by Gasteiger charge is 2.36. The molecule has 3 nitrogen and oxygen atoms in total. The minimum atomic E-state index is -0.191. The molecule has 1 aliphatic rings. The van der Waals surface area contributed by atoms with Gasteiger partial charge in [-0.2, -0.15) is 0 Å². The Morgan fingerprint density at radius 1 is 1.56 bits per heavy atom. The van der Waals surface area contributed by atoms with Crippen LogP contribution in [-0.2, 0) is 4.79 Å². The zero-order valence-electron chi connectivity index (χ0n) is 9.75. The molecule has 0 radical (unpaired) electrons. The van der Waals surface area contributed by atoms with Gasteiger partial charge in [0.05, 0.1) is 9.74 Å². The molecule has 0 spiro atoms. The van der Waals surface area contributed by atoms with Crippen molar-refractivity contribution in [1.29, 1.82) is 0 Å². The van der Waals surface area contributed by atoms with Crippen molar-refractivity contribution in [1.82, 2.24) is 5.32 Å². The Kier molecular flexibility index (Phi) is 5.55. The fraction of sp³-hybridized carbons (Fsp3) is 0.818. The summed E-state index contributed by atoms with van der Waals surface area (Å²) in [5.74, 6) is 1.29. The number of thioether (sulfide) groups is 1. The van der Waals surface area contributed by atoms with Gasteiger partial charge in [-0.25, -0.2) is 0 Å². The molecule has 0 aromatic carbocycles. The lowest BCUT2D eigenvalue weighted by molar-refractivity contribution is -0.123. The van der Waals surface area contributed by atoms with Gasteiger partial charge >= 0.3 is 0 Å². The first-order valence-corrected chi connectivity index (χ1v) is 7.14. The van der Waals surface area contributed by atoms with Gasteiger partial charge in [0.2, 0.25) is 5.91 Å². The Bertz CT molecular complexity index is 263. The van der Waals surface area contributed by atoms with E-state index in [0.29, 0.717) is 4.99 Å². The minimum Gasteiger partial charge on any atom is -0.393 e. The fourth-order valence-electron chi connectivity index (χ4n) is 1.77. The molecular formula is C11H20N2OS2. The summed E-state index contributed by atoms with van der Waals surface area (Å²) in [7, 11) is 0. The molecule has 0 aromatic heterocycles. The van der Waals surface area contributed by atoms with Gasteiger partial charge in [-0.1, -0.05) is 12.2 Å². The van der Waals surface area contributed by atoms with Crippen molar-refractivity contribution in [2.45, 2.75) is 43.8 Å². The number of carbonyl (C=O) groups excluding carboxylic acids is 1. The van der Waals surface area contributed by atoms with Gasteiger partial charge in [0.15, 0.2) is 0 Å². The van der Waals surface area contributed by atoms with Crippen molar-refractivity contribution in [3.05, 3.63) is 0 Å². The molecule has 1 rings (SSSR count). The Morgan fingerprint density at radius 2 is 2.31 bits per heavy atom. The normalized spacial score (nSPS) is 24.3. The first kappa shape index (κ1) is 13.8. The minimum absolute atomic E-state index is 0.185. The number of carbonyl (C=O) groups is 1. The van der Waals surface area contributed by atoms with E-state index >= 15 is 0 Å². The number of rotatable bonds is 6. The largest absolute Gasteiger partial charge is 0.393 e. The average Bonchev–Trinajstić information content (AvgIpc) is 2.65. The van der Waals surface area contributed by atoms with E-state index in [1.54, 1.807) is 11.8 Å². The molecular weight excluding hydrogens is 240 g/mol. The molecule has 1 atom stereocenters. The van der Waals surface area contributed by atoms with Crippen LogP contribution in [0, 0.1) is 0 Å². The van der Waals surface area contributed by atoms with Gasteiger partial charge in [-0.15, -0.1) is 11.8 Å². The lowest BCUT2D eigenvalue weighted by atomic mass is 10.0. The number of nitrogens with one attached hydrogen (secondary N) is 1. The second kappa shape index (κ2) is 6.45. The predicted octanol–water partition coefficient (Wildman–Crippen LogP) is 1.84. The number of nitrogens with two attached hydrogens (primary N) is 1. The smallest absolute Gasteiger partial charge is 0.235 e. The first-order valence-electron chi connectivity index (χ1n) is 5.75. The van der Waals surface area contributed by atoms with Crippen LogP contribution in [0.5, 0.6) is 0 Å². The quantitative estimate of drug-likeness (QED) is 0.565. The Labute approximate surface area is 107 Å². The topological polar surface area (TPSA) is 55.1 Å². The molecule has 1 saturated heterocycles. The van der Waals surface area contributed by atoms with Crippen LogP contribution < -0.4 is 11.1 Å².